The number of allylic oxidation sites excluding steroid dienone is 2. The van der Waals surface area contributed by atoms with Gasteiger partial charge in [0.1, 0.15) is 0 Å². The van der Waals surface area contributed by atoms with E-state index in [9.17, 15) is 14.4 Å². The highest BCUT2D eigenvalue weighted by Gasteiger charge is 2.33. The summed E-state index contributed by atoms with van der Waals surface area (Å²) in [5, 5.41) is 6.08. The Morgan fingerprint density at radius 1 is 1.04 bits per heavy atom. The third-order valence-electron chi connectivity index (χ3n) is 7.93. The Morgan fingerprint density at radius 3 is 2.49 bits per heavy atom. The van der Waals surface area contributed by atoms with Crippen molar-refractivity contribution >= 4 is 17.9 Å². The summed E-state index contributed by atoms with van der Waals surface area (Å²) < 4.78 is 22.9. The fourth-order valence-electron chi connectivity index (χ4n) is 5.18. The molecule has 1 heterocycles. The first-order valence-electron chi connectivity index (χ1n) is 17.1. The Hall–Kier alpha value is -3.15. The molecule has 2 N–H and O–H groups in total. The second-order valence-corrected chi connectivity index (χ2v) is 13.3. The van der Waals surface area contributed by atoms with Gasteiger partial charge >= 0.3 is 6.09 Å². The lowest BCUT2D eigenvalue weighted by molar-refractivity contribution is -0.136. The molecule has 1 fully saturated rings. The second kappa shape index (κ2) is 21.0. The summed E-state index contributed by atoms with van der Waals surface area (Å²) >= 11 is 0. The van der Waals surface area contributed by atoms with Gasteiger partial charge in [0.05, 0.1) is 37.9 Å². The van der Waals surface area contributed by atoms with Crippen molar-refractivity contribution in [1.82, 2.24) is 20.4 Å². The third-order valence-corrected chi connectivity index (χ3v) is 7.93. The van der Waals surface area contributed by atoms with Crippen molar-refractivity contribution in [2.45, 2.75) is 104 Å². The number of carbonyl (C=O) groups is 3. The molecular formula is C36H60N4O7. The van der Waals surface area contributed by atoms with Gasteiger partial charge < -0.3 is 39.4 Å². The average Bonchev–Trinajstić information content (AvgIpc) is 3.01. The van der Waals surface area contributed by atoms with Crippen LogP contribution in [0.4, 0.5) is 4.79 Å². The van der Waals surface area contributed by atoms with Crippen LogP contribution in [-0.2, 0) is 25.6 Å². The Bertz CT molecular complexity index is 1140. The van der Waals surface area contributed by atoms with Gasteiger partial charge in [-0.05, 0) is 84.0 Å². The van der Waals surface area contributed by atoms with E-state index in [0.29, 0.717) is 69.8 Å². The number of piperazine rings is 1. The molecule has 0 aromatic heterocycles. The maximum atomic E-state index is 13.3. The van der Waals surface area contributed by atoms with Crippen LogP contribution in [0.5, 0.6) is 11.5 Å². The highest BCUT2D eigenvalue weighted by atomic mass is 16.6. The maximum Gasteiger partial charge on any atom is 0.415 e. The van der Waals surface area contributed by atoms with Crippen LogP contribution in [0, 0.1) is 5.92 Å². The molecule has 1 atom stereocenters. The molecule has 47 heavy (non-hydrogen) atoms. The van der Waals surface area contributed by atoms with E-state index in [1.165, 1.54) is 7.11 Å². The number of nitrogens with one attached hydrogen (secondary N) is 2. The highest BCUT2D eigenvalue weighted by molar-refractivity contribution is 5.78. The van der Waals surface area contributed by atoms with Gasteiger partial charge in [0.25, 0.3) is 0 Å². The number of nitrogens with zero attached hydrogens (tertiary/aromatic N) is 2. The summed E-state index contributed by atoms with van der Waals surface area (Å²) in [5.41, 5.74) is 0.454. The van der Waals surface area contributed by atoms with Crippen LogP contribution in [0.1, 0.15) is 85.6 Å². The number of benzene rings is 1. The van der Waals surface area contributed by atoms with Crippen molar-refractivity contribution in [2.24, 2.45) is 5.92 Å². The second-order valence-electron chi connectivity index (χ2n) is 13.3. The van der Waals surface area contributed by atoms with Gasteiger partial charge in [-0.3, -0.25) is 9.59 Å². The van der Waals surface area contributed by atoms with Crippen molar-refractivity contribution in [3.8, 4) is 11.5 Å². The maximum absolute atomic E-state index is 13.3. The van der Waals surface area contributed by atoms with Crippen molar-refractivity contribution < 1.29 is 33.3 Å². The number of hydrogen-bond donors (Lipinski definition) is 2. The van der Waals surface area contributed by atoms with Crippen LogP contribution in [0.2, 0.25) is 0 Å². The molecule has 1 saturated heterocycles. The zero-order valence-corrected chi connectivity index (χ0v) is 30.1. The molecule has 1 aromatic rings. The van der Waals surface area contributed by atoms with E-state index in [1.807, 2.05) is 40.8 Å². The molecule has 1 aliphatic rings. The van der Waals surface area contributed by atoms with E-state index >= 15 is 0 Å². The molecule has 1 aliphatic heterocycles. The monoisotopic (exact) mass is 660 g/mol. The lowest BCUT2D eigenvalue weighted by Crippen LogP contribution is -2.59. The minimum absolute atomic E-state index is 0.00325. The van der Waals surface area contributed by atoms with Crippen molar-refractivity contribution in [1.29, 1.82) is 0 Å². The smallest absolute Gasteiger partial charge is 0.415 e. The van der Waals surface area contributed by atoms with Crippen LogP contribution in [0.15, 0.2) is 30.4 Å². The molecule has 0 radical (unpaired) electrons. The van der Waals surface area contributed by atoms with E-state index in [4.69, 9.17) is 18.9 Å². The van der Waals surface area contributed by atoms with Gasteiger partial charge in [-0.15, -0.1) is 0 Å². The lowest BCUT2D eigenvalue weighted by Gasteiger charge is -2.40. The van der Waals surface area contributed by atoms with Crippen molar-refractivity contribution in [3.63, 3.8) is 0 Å². The van der Waals surface area contributed by atoms with Crippen molar-refractivity contribution in [3.05, 3.63) is 35.9 Å². The number of unbranched alkanes of at least 4 members (excludes halogenated alkanes) is 2. The van der Waals surface area contributed by atoms with Gasteiger partial charge in [-0.25, -0.2) is 4.79 Å². The number of hydrogen-bond acceptors (Lipinski definition) is 8. The fraction of sp³-hybridized carbons (Fsp3) is 0.694. The van der Waals surface area contributed by atoms with E-state index in [2.05, 4.69) is 36.6 Å². The van der Waals surface area contributed by atoms with Gasteiger partial charge in [-0.1, -0.05) is 32.1 Å². The zero-order valence-electron chi connectivity index (χ0n) is 30.1. The third kappa shape index (κ3) is 15.5. The fourth-order valence-corrected chi connectivity index (χ4v) is 5.18. The van der Waals surface area contributed by atoms with Crippen LogP contribution >= 0.6 is 0 Å². The van der Waals surface area contributed by atoms with Crippen LogP contribution in [-0.4, -0.2) is 99.0 Å². The van der Waals surface area contributed by atoms with Crippen LogP contribution in [0.25, 0.3) is 0 Å². The lowest BCUT2D eigenvalue weighted by atomic mass is 10.1. The predicted octanol–water partition coefficient (Wildman–Crippen LogP) is 5.32. The molecule has 266 valence electrons. The summed E-state index contributed by atoms with van der Waals surface area (Å²) in [5.74, 6) is 1.24. The molecule has 3 amide bonds. The molecule has 2 rings (SSSR count). The normalized spacial score (nSPS) is 15.5. The van der Waals surface area contributed by atoms with Gasteiger partial charge in [0.15, 0.2) is 11.5 Å². The van der Waals surface area contributed by atoms with E-state index in [1.54, 1.807) is 21.9 Å². The number of ether oxygens (including phenoxy) is 4. The van der Waals surface area contributed by atoms with Crippen LogP contribution in [0.3, 0.4) is 0 Å². The number of carbonyl (C=O) groups excluding carboxylic acids is 3. The largest absolute Gasteiger partial charge is 0.493 e. The number of rotatable bonds is 20. The number of methoxy groups -OCH3 is 1. The van der Waals surface area contributed by atoms with E-state index in [-0.39, 0.29) is 36.0 Å². The molecule has 1 aromatic carbocycles. The molecule has 1 unspecified atom stereocenters. The Balaban J connectivity index is 1.86. The van der Waals surface area contributed by atoms with Gasteiger partial charge in [-0.2, -0.15) is 0 Å². The number of likely N-dealkylation sites (N-methyl/N-ethyl adjacent to an activating group) is 1. The van der Waals surface area contributed by atoms with Crippen LogP contribution < -0.4 is 20.1 Å². The van der Waals surface area contributed by atoms with Crippen molar-refractivity contribution in [2.75, 3.05) is 53.6 Å². The molecule has 0 spiro atoms. The molecule has 11 nitrogen and oxygen atoms in total. The Kier molecular flexibility index (Phi) is 17.8. The quantitative estimate of drug-likeness (QED) is 0.143. The first kappa shape index (κ1) is 40.0. The predicted molar refractivity (Wildman–Crippen MR) is 185 cm³/mol. The summed E-state index contributed by atoms with van der Waals surface area (Å²) in [4.78, 5) is 42.1. The number of amides is 3. The summed E-state index contributed by atoms with van der Waals surface area (Å²) in [6.07, 6.45) is 8.32. The first-order chi connectivity index (χ1) is 22.3. The Morgan fingerprint density at radius 2 is 1.81 bits per heavy atom. The molecular weight excluding hydrogens is 600 g/mol. The van der Waals surface area contributed by atoms with Gasteiger partial charge in [0.2, 0.25) is 11.8 Å². The zero-order chi connectivity index (χ0) is 34.8. The standard InChI is InChI=1S/C36H60N4O7/c1-27(2)13-11-9-10-12-14-33(41)38-24-29-15-16-31(32(23-29)44-8)47-35(43)40-20-19-39(26-30(40)25-37-7)34(42)17-21-46-36(5,6)18-22-45-28(3)4/h11,13,15-16,23,27-28,30,37H,9-10,12,14,17-22,24-26H2,1-8H3,(H,38,41)/b13-11+. The van der Waals surface area contributed by atoms with E-state index in [0.717, 1.165) is 31.2 Å². The molecule has 11 heteroatoms. The Labute approximate surface area is 282 Å². The highest BCUT2D eigenvalue weighted by Crippen LogP contribution is 2.29. The molecule has 0 saturated carbocycles. The minimum Gasteiger partial charge on any atom is -0.493 e. The topological polar surface area (TPSA) is 119 Å². The SMILES string of the molecule is CNCC1CN(C(=O)CCOC(C)(C)CCOC(C)C)CCN1C(=O)Oc1ccc(CNC(=O)CCCC/C=C/C(C)C)cc1OC. The van der Waals surface area contributed by atoms with E-state index < -0.39 is 6.09 Å². The summed E-state index contributed by atoms with van der Waals surface area (Å²) in [7, 11) is 3.33. The van der Waals surface area contributed by atoms with Gasteiger partial charge in [0, 0.05) is 45.8 Å². The average molecular weight is 661 g/mol. The minimum atomic E-state index is -0.506. The molecule has 0 bridgehead atoms. The summed E-state index contributed by atoms with van der Waals surface area (Å²) in [6, 6.07) is 5.00. The summed E-state index contributed by atoms with van der Waals surface area (Å²) in [6.45, 7) is 15.2. The molecule has 0 aliphatic carbocycles. The first-order valence-corrected chi connectivity index (χ1v) is 17.1.